The summed E-state index contributed by atoms with van der Waals surface area (Å²) in [5, 5.41) is 30.6. The number of phenols is 3. The maximum absolute atomic E-state index is 10.4. The number of aromatic hydroxyl groups is 3. The van der Waals surface area contributed by atoms with E-state index in [-0.39, 0.29) is 17.6 Å². The SMILES string of the molecule is Cc1cc(C(c2ccc(C(c3ccccc3)c3ccc(O)cc3)cc2)c2cc(C)c(O)cc2C)c(C)cc1O. The molecule has 1 unspecified atom stereocenters. The molecule has 0 heterocycles. The summed E-state index contributed by atoms with van der Waals surface area (Å²) in [5.74, 6) is 0.797. The normalized spacial score (nSPS) is 12.0. The Labute approximate surface area is 230 Å². The van der Waals surface area contributed by atoms with Crippen molar-refractivity contribution in [3.8, 4) is 17.2 Å². The Balaban J connectivity index is 1.65. The Kier molecular flexibility index (Phi) is 7.17. The molecular formula is C36H34O3. The Bertz CT molecular complexity index is 1540. The molecule has 5 rings (SSSR count). The maximum Gasteiger partial charge on any atom is 0.118 e. The van der Waals surface area contributed by atoms with Crippen molar-refractivity contribution in [3.63, 3.8) is 0 Å². The summed E-state index contributed by atoms with van der Waals surface area (Å²) >= 11 is 0. The van der Waals surface area contributed by atoms with Gasteiger partial charge in [0.1, 0.15) is 17.2 Å². The number of benzene rings is 5. The summed E-state index contributed by atoms with van der Waals surface area (Å²) in [7, 11) is 0. The quantitative estimate of drug-likeness (QED) is 0.199. The molecule has 1 atom stereocenters. The first kappa shape index (κ1) is 26.1. The van der Waals surface area contributed by atoms with Crippen LogP contribution in [0.1, 0.15) is 67.5 Å². The van der Waals surface area contributed by atoms with Crippen LogP contribution in [-0.2, 0) is 0 Å². The van der Waals surface area contributed by atoms with Crippen LogP contribution in [-0.4, -0.2) is 15.3 Å². The second-order valence-corrected chi connectivity index (χ2v) is 10.5. The minimum atomic E-state index is -0.0681. The van der Waals surface area contributed by atoms with E-state index >= 15 is 0 Å². The van der Waals surface area contributed by atoms with Crippen molar-refractivity contribution in [1.29, 1.82) is 0 Å². The van der Waals surface area contributed by atoms with Crippen LogP contribution < -0.4 is 0 Å². The lowest BCUT2D eigenvalue weighted by molar-refractivity contribution is 0.470. The van der Waals surface area contributed by atoms with E-state index in [2.05, 4.69) is 60.7 Å². The summed E-state index contributed by atoms with van der Waals surface area (Å²) in [6.07, 6.45) is 0. The molecule has 196 valence electrons. The van der Waals surface area contributed by atoms with E-state index in [1.807, 2.05) is 58.0 Å². The van der Waals surface area contributed by atoms with Gasteiger partial charge < -0.3 is 15.3 Å². The molecule has 0 bridgehead atoms. The molecule has 0 aliphatic rings. The summed E-state index contributed by atoms with van der Waals surface area (Å²) in [4.78, 5) is 0. The summed E-state index contributed by atoms with van der Waals surface area (Å²) in [6, 6.07) is 34.5. The summed E-state index contributed by atoms with van der Waals surface area (Å²) in [5.41, 5.74) is 10.6. The number of rotatable bonds is 6. The lowest BCUT2D eigenvalue weighted by Gasteiger charge is -2.25. The molecule has 5 aromatic rings. The molecule has 0 amide bonds. The first-order chi connectivity index (χ1) is 18.7. The molecule has 0 aliphatic heterocycles. The Morgan fingerprint density at radius 1 is 0.410 bits per heavy atom. The highest BCUT2D eigenvalue weighted by Crippen LogP contribution is 2.41. The zero-order chi connectivity index (χ0) is 27.7. The van der Waals surface area contributed by atoms with E-state index in [1.165, 1.54) is 5.56 Å². The van der Waals surface area contributed by atoms with Gasteiger partial charge in [-0.25, -0.2) is 0 Å². The molecule has 0 spiro atoms. The third kappa shape index (κ3) is 5.26. The van der Waals surface area contributed by atoms with Gasteiger partial charge >= 0.3 is 0 Å². The topological polar surface area (TPSA) is 60.7 Å². The highest BCUT2D eigenvalue weighted by atomic mass is 16.3. The minimum Gasteiger partial charge on any atom is -0.508 e. The molecular weight excluding hydrogens is 480 g/mol. The van der Waals surface area contributed by atoms with Crippen molar-refractivity contribution in [2.75, 3.05) is 0 Å². The number of phenolic OH excluding ortho intramolecular Hbond substituents is 3. The van der Waals surface area contributed by atoms with Gasteiger partial charge in [0.05, 0.1) is 0 Å². The van der Waals surface area contributed by atoms with E-state index in [0.717, 1.165) is 50.1 Å². The van der Waals surface area contributed by atoms with Crippen LogP contribution in [0.4, 0.5) is 0 Å². The first-order valence-electron chi connectivity index (χ1n) is 13.3. The van der Waals surface area contributed by atoms with Gasteiger partial charge in [-0.2, -0.15) is 0 Å². The van der Waals surface area contributed by atoms with Crippen LogP contribution in [0.2, 0.25) is 0 Å². The van der Waals surface area contributed by atoms with Crippen LogP contribution >= 0.6 is 0 Å². The van der Waals surface area contributed by atoms with Crippen molar-refractivity contribution in [3.05, 3.63) is 159 Å². The number of hydrogen-bond donors (Lipinski definition) is 3. The van der Waals surface area contributed by atoms with Crippen LogP contribution in [0.25, 0.3) is 0 Å². The number of aryl methyl sites for hydroxylation is 4. The van der Waals surface area contributed by atoms with Crippen molar-refractivity contribution >= 4 is 0 Å². The molecule has 0 aromatic heterocycles. The van der Waals surface area contributed by atoms with E-state index in [0.29, 0.717) is 11.5 Å². The standard InChI is InChI=1S/C36H34O3/c1-22-20-33(38)24(3)18-31(22)36(32-19-25(4)34(39)21-23(32)2)29-12-10-27(11-13-29)35(26-8-6-5-7-9-26)28-14-16-30(37)17-15-28/h5-21,35-39H,1-4H3. The molecule has 0 saturated carbocycles. The van der Waals surface area contributed by atoms with Crippen LogP contribution in [0, 0.1) is 27.7 Å². The second kappa shape index (κ2) is 10.7. The third-order valence-electron chi connectivity index (χ3n) is 7.75. The predicted octanol–water partition coefficient (Wildman–Crippen LogP) is 8.40. The fourth-order valence-corrected chi connectivity index (χ4v) is 5.57. The summed E-state index contributed by atoms with van der Waals surface area (Å²) in [6.45, 7) is 7.92. The van der Waals surface area contributed by atoms with Crippen LogP contribution in [0.15, 0.2) is 103 Å². The molecule has 0 fully saturated rings. The molecule has 39 heavy (non-hydrogen) atoms. The maximum atomic E-state index is 10.4. The van der Waals surface area contributed by atoms with Gasteiger partial charge in [-0.05, 0) is 108 Å². The largest absolute Gasteiger partial charge is 0.508 e. The number of hydrogen-bond acceptors (Lipinski definition) is 3. The average molecular weight is 515 g/mol. The Morgan fingerprint density at radius 2 is 0.795 bits per heavy atom. The summed E-state index contributed by atoms with van der Waals surface area (Å²) < 4.78 is 0. The van der Waals surface area contributed by atoms with E-state index in [9.17, 15) is 15.3 Å². The minimum absolute atomic E-state index is 0.0228. The van der Waals surface area contributed by atoms with Gasteiger partial charge in [-0.3, -0.25) is 0 Å². The van der Waals surface area contributed by atoms with Crippen LogP contribution in [0.5, 0.6) is 17.2 Å². The van der Waals surface area contributed by atoms with Crippen molar-refractivity contribution in [2.45, 2.75) is 39.5 Å². The molecule has 3 nitrogen and oxygen atoms in total. The van der Waals surface area contributed by atoms with Crippen molar-refractivity contribution < 1.29 is 15.3 Å². The highest BCUT2D eigenvalue weighted by Gasteiger charge is 2.24. The molecule has 0 radical (unpaired) electrons. The van der Waals surface area contributed by atoms with Gasteiger partial charge in [-0.15, -0.1) is 0 Å². The zero-order valence-electron chi connectivity index (χ0n) is 22.8. The Morgan fingerprint density at radius 3 is 1.26 bits per heavy atom. The third-order valence-corrected chi connectivity index (χ3v) is 7.75. The fraction of sp³-hybridized carbons (Fsp3) is 0.167. The van der Waals surface area contributed by atoms with Crippen LogP contribution in [0.3, 0.4) is 0 Å². The molecule has 0 saturated heterocycles. The second-order valence-electron chi connectivity index (χ2n) is 10.5. The van der Waals surface area contributed by atoms with E-state index < -0.39 is 0 Å². The molecule has 0 aliphatic carbocycles. The lowest BCUT2D eigenvalue weighted by Crippen LogP contribution is -2.09. The van der Waals surface area contributed by atoms with Gasteiger partial charge in [0.15, 0.2) is 0 Å². The lowest BCUT2D eigenvalue weighted by atomic mass is 9.78. The van der Waals surface area contributed by atoms with Crippen molar-refractivity contribution in [1.82, 2.24) is 0 Å². The van der Waals surface area contributed by atoms with E-state index in [1.54, 1.807) is 12.1 Å². The zero-order valence-corrected chi connectivity index (χ0v) is 22.8. The average Bonchev–Trinajstić information content (AvgIpc) is 2.92. The molecule has 3 heteroatoms. The smallest absolute Gasteiger partial charge is 0.118 e. The fourth-order valence-electron chi connectivity index (χ4n) is 5.57. The monoisotopic (exact) mass is 514 g/mol. The Hall–Kier alpha value is -4.50. The molecule has 5 aromatic carbocycles. The highest BCUT2D eigenvalue weighted by molar-refractivity contribution is 5.55. The molecule has 3 N–H and O–H groups in total. The van der Waals surface area contributed by atoms with Crippen molar-refractivity contribution in [2.24, 2.45) is 0 Å². The van der Waals surface area contributed by atoms with Gasteiger partial charge in [0, 0.05) is 11.8 Å². The van der Waals surface area contributed by atoms with E-state index in [4.69, 9.17) is 0 Å². The first-order valence-corrected chi connectivity index (χ1v) is 13.3. The van der Waals surface area contributed by atoms with Gasteiger partial charge in [-0.1, -0.05) is 78.9 Å². The van der Waals surface area contributed by atoms with Gasteiger partial charge in [0.2, 0.25) is 0 Å². The predicted molar refractivity (Wildman–Crippen MR) is 158 cm³/mol. The van der Waals surface area contributed by atoms with Gasteiger partial charge in [0.25, 0.3) is 0 Å².